The summed E-state index contributed by atoms with van der Waals surface area (Å²) in [6.07, 6.45) is 22.1. The molecule has 0 nitrogen and oxygen atoms in total. The van der Waals surface area contributed by atoms with Gasteiger partial charge in [0.15, 0.2) is 0 Å². The van der Waals surface area contributed by atoms with Crippen molar-refractivity contribution in [3.8, 4) is 22.3 Å². The minimum atomic E-state index is 0. The molecule has 0 spiro atoms. The molecule has 2 aliphatic carbocycles. The largest absolute Gasteiger partial charge is 1.00 e. The summed E-state index contributed by atoms with van der Waals surface area (Å²) in [5, 5.41) is 5.68. The Kier molecular flexibility index (Phi) is 20.5. The van der Waals surface area contributed by atoms with E-state index in [4.69, 9.17) is 0 Å². The van der Waals surface area contributed by atoms with Crippen molar-refractivity contribution in [1.82, 2.24) is 0 Å². The van der Waals surface area contributed by atoms with Crippen molar-refractivity contribution in [2.45, 2.75) is 182 Å². The van der Waals surface area contributed by atoms with Gasteiger partial charge < -0.3 is 24.8 Å². The molecule has 6 aromatic rings. The molecule has 0 N–H and O–H groups in total. The van der Waals surface area contributed by atoms with E-state index in [1.807, 2.05) is 0 Å². The van der Waals surface area contributed by atoms with Gasteiger partial charge in [-0.25, -0.2) is 0 Å². The summed E-state index contributed by atoms with van der Waals surface area (Å²) in [5.74, 6) is 0. The fourth-order valence-electron chi connectivity index (χ4n) is 11.6. The molecule has 6 aromatic carbocycles. The van der Waals surface area contributed by atoms with Gasteiger partial charge in [-0.05, 0) is 95.3 Å². The second kappa shape index (κ2) is 24.2. The second-order valence-corrected chi connectivity index (χ2v) is 31.3. The van der Waals surface area contributed by atoms with Crippen molar-refractivity contribution in [1.29, 1.82) is 0 Å². The number of fused-ring (bicyclic) bond motifs is 2. The molecular formula is C60H80Cl2SiZr-2. The number of hydrogen-bond donors (Lipinski definition) is 0. The predicted octanol–water partition coefficient (Wildman–Crippen LogP) is 12.4. The second-order valence-electron chi connectivity index (χ2n) is 21.9. The van der Waals surface area contributed by atoms with E-state index in [9.17, 15) is 0 Å². The Hall–Kier alpha value is -2.22. The maximum Gasteiger partial charge on any atom is -1.00 e. The maximum atomic E-state index is 2.51. The van der Waals surface area contributed by atoms with Crippen LogP contribution in [0.3, 0.4) is 0 Å². The third-order valence-electron chi connectivity index (χ3n) is 14.2. The molecule has 64 heavy (non-hydrogen) atoms. The van der Waals surface area contributed by atoms with E-state index in [-0.39, 0.29) is 41.1 Å². The molecule has 2 aliphatic rings. The third-order valence-corrected chi connectivity index (χ3v) is 14.2. The molecule has 0 aromatic heterocycles. The molecule has 0 saturated heterocycles. The van der Waals surface area contributed by atoms with Crippen LogP contribution in [0.5, 0.6) is 0 Å². The van der Waals surface area contributed by atoms with E-state index < -0.39 is 0 Å². The zero-order chi connectivity index (χ0) is 44.5. The van der Waals surface area contributed by atoms with Crippen LogP contribution in [0.1, 0.15) is 168 Å². The Morgan fingerprint density at radius 3 is 1.16 bits per heavy atom. The molecule has 0 amide bonds. The number of hydrogen-bond acceptors (Lipinski definition) is 0. The van der Waals surface area contributed by atoms with Gasteiger partial charge in [-0.2, -0.15) is 12.1 Å². The van der Waals surface area contributed by atoms with Crippen molar-refractivity contribution in [3.63, 3.8) is 0 Å². The van der Waals surface area contributed by atoms with E-state index in [0.29, 0.717) is 10.8 Å². The standard InChI is InChI=1S/2C29H37.C2H6Si.2ClH.Zr/c2*1-5-16-29(17-9-6-10-18-29)21-22-19-23-12-11-14-24(26(23)20-22)25-13-7-8-15-27(25)28(2,3)4;1-3-2;;;/h2*7-8,11-15,19-20H,5-6,9-10,16-18,21H2,1-4H3;1-2H3;2*1H;/q2*-1;;;;+2/p-2. The zero-order valence-electron chi connectivity index (χ0n) is 41.5. The molecule has 0 atom stereocenters. The average molecular weight is 992 g/mol. The van der Waals surface area contributed by atoms with E-state index in [1.54, 1.807) is 34.5 Å². The Bertz CT molecular complexity index is 2190. The predicted molar refractivity (Wildman–Crippen MR) is 273 cm³/mol. The maximum absolute atomic E-state index is 2.51. The fraction of sp³-hybridized carbons (Fsp3) is 0.500. The van der Waals surface area contributed by atoms with Crippen molar-refractivity contribution in [2.24, 2.45) is 10.8 Å². The monoisotopic (exact) mass is 988 g/mol. The summed E-state index contributed by atoms with van der Waals surface area (Å²) < 4.78 is 0. The van der Waals surface area contributed by atoms with Gasteiger partial charge in [0, 0.05) is 0 Å². The summed E-state index contributed by atoms with van der Waals surface area (Å²) in [6, 6.07) is 41.6. The first kappa shape index (κ1) is 54.4. The zero-order valence-corrected chi connectivity index (χ0v) is 46.4. The molecule has 0 heterocycles. The van der Waals surface area contributed by atoms with Crippen LogP contribution in [-0.2, 0) is 47.0 Å². The number of rotatable bonds is 10. The van der Waals surface area contributed by atoms with Gasteiger partial charge in [0.2, 0.25) is 0 Å². The van der Waals surface area contributed by atoms with Crippen molar-refractivity contribution < 1.29 is 48.1 Å². The van der Waals surface area contributed by atoms with Crippen LogP contribution in [0.15, 0.2) is 109 Å². The third kappa shape index (κ3) is 13.9. The van der Waals surface area contributed by atoms with Gasteiger partial charge in [-0.3, -0.25) is 0 Å². The smallest absolute Gasteiger partial charge is 1.00 e. The summed E-state index contributed by atoms with van der Waals surface area (Å²) in [7, 11) is 0. The summed E-state index contributed by atoms with van der Waals surface area (Å²) in [5.41, 5.74) is 13.1. The minimum Gasteiger partial charge on any atom is -1.00 e. The van der Waals surface area contributed by atoms with E-state index in [1.165, 1.54) is 158 Å². The van der Waals surface area contributed by atoms with Crippen LogP contribution >= 0.6 is 0 Å². The molecule has 0 bridgehead atoms. The molecule has 0 aliphatic heterocycles. The van der Waals surface area contributed by atoms with Gasteiger partial charge in [0.1, 0.15) is 0 Å². The Morgan fingerprint density at radius 2 is 0.828 bits per heavy atom. The van der Waals surface area contributed by atoms with Crippen LogP contribution < -0.4 is 24.8 Å². The topological polar surface area (TPSA) is 0 Å². The number of halogens is 2. The Morgan fingerprint density at radius 1 is 0.500 bits per heavy atom. The summed E-state index contributed by atoms with van der Waals surface area (Å²) in [4.78, 5) is 0. The van der Waals surface area contributed by atoms with Crippen molar-refractivity contribution in [3.05, 3.63) is 131 Å². The molecule has 0 radical (unpaired) electrons. The van der Waals surface area contributed by atoms with Gasteiger partial charge in [-0.1, -0.05) is 179 Å². The molecule has 4 heteroatoms. The van der Waals surface area contributed by atoms with Gasteiger partial charge >= 0.3 is 41.9 Å². The van der Waals surface area contributed by atoms with Gasteiger partial charge in [0.05, 0.1) is 0 Å². The quantitative estimate of drug-likeness (QED) is 0.0948. The van der Waals surface area contributed by atoms with Crippen molar-refractivity contribution in [2.75, 3.05) is 0 Å². The van der Waals surface area contributed by atoms with Crippen LogP contribution in [0, 0.1) is 10.8 Å². The van der Waals surface area contributed by atoms with E-state index in [2.05, 4.69) is 178 Å². The van der Waals surface area contributed by atoms with E-state index in [0.717, 1.165) is 0 Å². The molecule has 8 rings (SSSR count). The normalized spacial score (nSPS) is 15.8. The average Bonchev–Trinajstić information content (AvgIpc) is 3.84. The van der Waals surface area contributed by atoms with Crippen LogP contribution in [0.25, 0.3) is 43.8 Å². The summed E-state index contributed by atoms with van der Waals surface area (Å²) >= 11 is 1.74. The van der Waals surface area contributed by atoms with Crippen LogP contribution in [0.2, 0.25) is 13.1 Å². The Labute approximate surface area is 418 Å². The summed E-state index contributed by atoms with van der Waals surface area (Å²) in [6.45, 7) is 23.3. The first-order chi connectivity index (χ1) is 29.6. The molecule has 0 unspecified atom stereocenters. The first-order valence-electron chi connectivity index (χ1n) is 24.7. The SMILES string of the molecule is CCCC1(Cc2cc3c(-c4ccccc4C(C)(C)C)cccc3[cH-]2)CCCCC1.CCCC1(Cc2cc3c(-c4ccccc4C(C)(C)C)cccc3[cH-]2)CCCCC1.C[Si](C)=[Zr+2].[Cl-].[Cl-]. The Balaban J connectivity index is 0.000000252. The minimum absolute atomic E-state index is 0. The van der Waals surface area contributed by atoms with E-state index >= 15 is 0 Å². The van der Waals surface area contributed by atoms with Gasteiger partial charge in [-0.15, -0.1) is 69.1 Å². The number of benzene rings is 4. The molecule has 2 fully saturated rings. The molecular weight excluding hydrogens is 911 g/mol. The molecule has 2 saturated carbocycles. The fourth-order valence-corrected chi connectivity index (χ4v) is 11.6. The van der Waals surface area contributed by atoms with Crippen LogP contribution in [-0.4, -0.2) is 5.43 Å². The van der Waals surface area contributed by atoms with Crippen molar-refractivity contribution >= 4 is 27.0 Å². The molecule has 344 valence electrons. The van der Waals surface area contributed by atoms with Crippen LogP contribution in [0.4, 0.5) is 0 Å². The first-order valence-corrected chi connectivity index (χ1v) is 30.8. The van der Waals surface area contributed by atoms with Gasteiger partial charge in [0.25, 0.3) is 0 Å².